The number of rotatable bonds is 4. The fourth-order valence-electron chi connectivity index (χ4n) is 2.49. The molecule has 0 spiro atoms. The highest BCUT2D eigenvalue weighted by molar-refractivity contribution is 6.33. The lowest BCUT2D eigenvalue weighted by molar-refractivity contribution is -0.117. The Bertz CT molecular complexity index is 432. The molecular weight excluding hydrogens is 262 g/mol. The van der Waals surface area contributed by atoms with Crippen LogP contribution in [0, 0.1) is 11.8 Å². The third kappa shape index (κ3) is 4.18. The summed E-state index contributed by atoms with van der Waals surface area (Å²) in [6.07, 6.45) is 6.11. The third-order valence-electron chi connectivity index (χ3n) is 3.69. The van der Waals surface area contributed by atoms with Gasteiger partial charge in [0, 0.05) is 12.6 Å². The van der Waals surface area contributed by atoms with Gasteiger partial charge in [0.15, 0.2) is 0 Å². The first-order chi connectivity index (χ1) is 9.16. The summed E-state index contributed by atoms with van der Waals surface area (Å²) < 4.78 is 0. The van der Waals surface area contributed by atoms with E-state index in [1.165, 1.54) is 12.8 Å². The zero-order chi connectivity index (χ0) is 13.7. The molecule has 0 aromatic carbocycles. The Balaban J connectivity index is 1.85. The molecule has 1 aromatic rings. The van der Waals surface area contributed by atoms with Crippen LogP contribution in [0.25, 0.3) is 0 Å². The van der Waals surface area contributed by atoms with E-state index in [1.54, 1.807) is 18.5 Å². The summed E-state index contributed by atoms with van der Waals surface area (Å²) in [6.45, 7) is 4.25. The molecule has 2 rings (SSSR count). The maximum absolute atomic E-state index is 12.0. The van der Waals surface area contributed by atoms with Gasteiger partial charge >= 0.3 is 0 Å². The van der Waals surface area contributed by atoms with Crippen molar-refractivity contribution < 1.29 is 4.79 Å². The van der Waals surface area contributed by atoms with Gasteiger partial charge in [-0.15, -0.1) is 0 Å². The molecule has 2 N–H and O–H groups in total. The van der Waals surface area contributed by atoms with Crippen LogP contribution in [0.3, 0.4) is 0 Å². The SMILES string of the molecule is CC(CC(=O)Nc1cnccc1Cl)C1CCCNC1. The maximum atomic E-state index is 12.0. The Hall–Kier alpha value is -1.13. The first-order valence-corrected chi connectivity index (χ1v) is 7.14. The van der Waals surface area contributed by atoms with Crippen molar-refractivity contribution in [3.63, 3.8) is 0 Å². The molecule has 1 aromatic heterocycles. The molecule has 0 bridgehead atoms. The number of hydrogen-bond donors (Lipinski definition) is 2. The Morgan fingerprint density at radius 2 is 2.53 bits per heavy atom. The minimum absolute atomic E-state index is 0.00738. The van der Waals surface area contributed by atoms with E-state index in [-0.39, 0.29) is 5.91 Å². The highest BCUT2D eigenvalue weighted by atomic mass is 35.5. The van der Waals surface area contributed by atoms with Gasteiger partial charge in [-0.1, -0.05) is 18.5 Å². The number of amides is 1. The van der Waals surface area contributed by atoms with Crippen LogP contribution in [-0.2, 0) is 4.79 Å². The Labute approximate surface area is 118 Å². The van der Waals surface area contributed by atoms with Crippen molar-refractivity contribution in [1.82, 2.24) is 10.3 Å². The van der Waals surface area contributed by atoms with Gasteiger partial charge in [-0.2, -0.15) is 0 Å². The summed E-state index contributed by atoms with van der Waals surface area (Å²) in [5, 5.41) is 6.73. The van der Waals surface area contributed by atoms with E-state index in [0.717, 1.165) is 13.1 Å². The highest BCUT2D eigenvalue weighted by Gasteiger charge is 2.22. The van der Waals surface area contributed by atoms with Crippen molar-refractivity contribution in [2.24, 2.45) is 11.8 Å². The molecule has 0 aliphatic carbocycles. The number of aromatic nitrogens is 1. The van der Waals surface area contributed by atoms with E-state index < -0.39 is 0 Å². The first kappa shape index (κ1) is 14.3. The van der Waals surface area contributed by atoms with Crippen LogP contribution in [0.4, 0.5) is 5.69 Å². The summed E-state index contributed by atoms with van der Waals surface area (Å²) in [6, 6.07) is 1.67. The van der Waals surface area contributed by atoms with E-state index in [1.807, 2.05) is 0 Å². The molecule has 1 fully saturated rings. The fourth-order valence-corrected chi connectivity index (χ4v) is 2.65. The summed E-state index contributed by atoms with van der Waals surface area (Å²) in [5.74, 6) is 0.972. The largest absolute Gasteiger partial charge is 0.323 e. The number of carbonyl (C=O) groups excluding carboxylic acids is 1. The molecule has 19 heavy (non-hydrogen) atoms. The van der Waals surface area contributed by atoms with Crippen LogP contribution in [0.1, 0.15) is 26.2 Å². The smallest absolute Gasteiger partial charge is 0.224 e. The summed E-state index contributed by atoms with van der Waals surface area (Å²) in [5.41, 5.74) is 0.586. The molecule has 0 saturated carbocycles. The molecule has 104 valence electrons. The number of piperidine rings is 1. The second-order valence-corrected chi connectivity index (χ2v) is 5.60. The Morgan fingerprint density at radius 3 is 3.21 bits per heavy atom. The third-order valence-corrected chi connectivity index (χ3v) is 4.02. The van der Waals surface area contributed by atoms with E-state index in [0.29, 0.717) is 29.0 Å². The number of carbonyl (C=O) groups is 1. The molecule has 1 saturated heterocycles. The Kier molecular flexibility index (Phi) is 5.16. The monoisotopic (exact) mass is 281 g/mol. The van der Waals surface area contributed by atoms with Gasteiger partial charge in [-0.25, -0.2) is 0 Å². The maximum Gasteiger partial charge on any atom is 0.224 e. The lowest BCUT2D eigenvalue weighted by atomic mass is 9.85. The zero-order valence-corrected chi connectivity index (χ0v) is 11.9. The van der Waals surface area contributed by atoms with Crippen LogP contribution in [-0.4, -0.2) is 24.0 Å². The molecule has 1 amide bonds. The summed E-state index contributed by atoms with van der Waals surface area (Å²) in [7, 11) is 0. The van der Waals surface area contributed by atoms with Gasteiger partial charge in [-0.3, -0.25) is 9.78 Å². The second kappa shape index (κ2) is 6.87. The number of hydrogen-bond acceptors (Lipinski definition) is 3. The zero-order valence-electron chi connectivity index (χ0n) is 11.2. The highest BCUT2D eigenvalue weighted by Crippen LogP contribution is 2.24. The fraction of sp³-hybridized carbons (Fsp3) is 0.571. The lowest BCUT2D eigenvalue weighted by Crippen LogP contribution is -2.34. The predicted octanol–water partition coefficient (Wildman–Crippen LogP) is 2.70. The molecule has 5 heteroatoms. The van der Waals surface area contributed by atoms with Gasteiger partial charge in [0.05, 0.1) is 16.9 Å². The second-order valence-electron chi connectivity index (χ2n) is 5.19. The van der Waals surface area contributed by atoms with Crippen molar-refractivity contribution in [3.8, 4) is 0 Å². The predicted molar refractivity (Wildman–Crippen MR) is 77.3 cm³/mol. The molecule has 0 radical (unpaired) electrons. The molecule has 4 nitrogen and oxygen atoms in total. The molecule has 2 heterocycles. The standard InChI is InChI=1S/C14H20ClN3O/c1-10(11-3-2-5-16-8-11)7-14(19)18-13-9-17-6-4-12(13)15/h4,6,9-11,16H,2-3,5,7-8H2,1H3,(H,18,19). The van der Waals surface area contributed by atoms with Crippen LogP contribution in [0.15, 0.2) is 18.5 Å². The number of nitrogens with one attached hydrogen (secondary N) is 2. The van der Waals surface area contributed by atoms with Gasteiger partial charge in [-0.05, 0) is 43.8 Å². The van der Waals surface area contributed by atoms with E-state index in [4.69, 9.17) is 11.6 Å². The molecular formula is C14H20ClN3O. The average molecular weight is 282 g/mol. The molecule has 2 atom stereocenters. The first-order valence-electron chi connectivity index (χ1n) is 6.77. The van der Waals surface area contributed by atoms with Gasteiger partial charge in [0.25, 0.3) is 0 Å². The Morgan fingerprint density at radius 1 is 1.68 bits per heavy atom. The van der Waals surface area contributed by atoms with Crippen molar-refractivity contribution >= 4 is 23.2 Å². The van der Waals surface area contributed by atoms with Crippen LogP contribution >= 0.6 is 11.6 Å². The molecule has 1 aliphatic rings. The summed E-state index contributed by atoms with van der Waals surface area (Å²) in [4.78, 5) is 16.0. The van der Waals surface area contributed by atoms with Gasteiger partial charge in [0.2, 0.25) is 5.91 Å². The quantitative estimate of drug-likeness (QED) is 0.892. The van der Waals surface area contributed by atoms with Crippen molar-refractivity contribution in [2.45, 2.75) is 26.2 Å². The van der Waals surface area contributed by atoms with Gasteiger partial charge < -0.3 is 10.6 Å². The number of nitrogens with zero attached hydrogens (tertiary/aromatic N) is 1. The minimum atomic E-state index is 0.00738. The topological polar surface area (TPSA) is 54.0 Å². The average Bonchev–Trinajstić information content (AvgIpc) is 2.42. The van der Waals surface area contributed by atoms with Crippen molar-refractivity contribution in [2.75, 3.05) is 18.4 Å². The normalized spacial score (nSPS) is 20.8. The van der Waals surface area contributed by atoms with E-state index >= 15 is 0 Å². The lowest BCUT2D eigenvalue weighted by Gasteiger charge is -2.28. The van der Waals surface area contributed by atoms with Crippen LogP contribution in [0.5, 0.6) is 0 Å². The molecule has 2 unspecified atom stereocenters. The number of pyridine rings is 1. The van der Waals surface area contributed by atoms with Crippen LogP contribution < -0.4 is 10.6 Å². The van der Waals surface area contributed by atoms with Gasteiger partial charge in [0.1, 0.15) is 0 Å². The number of halogens is 1. The van der Waals surface area contributed by atoms with E-state index in [2.05, 4.69) is 22.5 Å². The van der Waals surface area contributed by atoms with Crippen LogP contribution in [0.2, 0.25) is 5.02 Å². The van der Waals surface area contributed by atoms with Crippen molar-refractivity contribution in [3.05, 3.63) is 23.5 Å². The number of anilines is 1. The summed E-state index contributed by atoms with van der Waals surface area (Å²) >= 11 is 5.99. The minimum Gasteiger partial charge on any atom is -0.323 e. The van der Waals surface area contributed by atoms with Crippen molar-refractivity contribution in [1.29, 1.82) is 0 Å². The molecule has 1 aliphatic heterocycles. The van der Waals surface area contributed by atoms with E-state index in [9.17, 15) is 4.79 Å².